The van der Waals surface area contributed by atoms with Gasteiger partial charge < -0.3 is 10.6 Å². The van der Waals surface area contributed by atoms with Gasteiger partial charge in [-0.1, -0.05) is 12.1 Å². The molecule has 0 fully saturated rings. The van der Waals surface area contributed by atoms with E-state index in [1.54, 1.807) is 23.1 Å². The molecule has 0 saturated carbocycles. The van der Waals surface area contributed by atoms with Crippen LogP contribution in [-0.4, -0.2) is 27.3 Å². The van der Waals surface area contributed by atoms with E-state index in [0.29, 0.717) is 13.1 Å². The molecule has 1 aromatic carbocycles. The van der Waals surface area contributed by atoms with Gasteiger partial charge in [-0.25, -0.2) is 14.2 Å². The first-order valence-corrected chi connectivity index (χ1v) is 6.77. The van der Waals surface area contributed by atoms with Crippen LogP contribution in [0.1, 0.15) is 24.9 Å². The predicted molar refractivity (Wildman–Crippen MR) is 76.0 cm³/mol. The Kier molecular flexibility index (Phi) is 5.25. The fraction of sp³-hybridized carbons (Fsp3) is 0.357. The highest BCUT2D eigenvalue weighted by molar-refractivity contribution is 5.74. The normalized spacial score (nSPS) is 11.9. The summed E-state index contributed by atoms with van der Waals surface area (Å²) in [4.78, 5) is 15.6. The molecule has 0 aliphatic rings. The van der Waals surface area contributed by atoms with Crippen LogP contribution in [0.5, 0.6) is 0 Å². The van der Waals surface area contributed by atoms with Crippen LogP contribution < -0.4 is 10.6 Å². The summed E-state index contributed by atoms with van der Waals surface area (Å²) < 4.78 is 14.5. The van der Waals surface area contributed by atoms with Crippen molar-refractivity contribution >= 4 is 6.03 Å². The fourth-order valence-electron chi connectivity index (χ4n) is 1.87. The zero-order valence-corrected chi connectivity index (χ0v) is 11.8. The quantitative estimate of drug-likeness (QED) is 0.798. The van der Waals surface area contributed by atoms with Crippen LogP contribution in [0.25, 0.3) is 0 Å². The van der Waals surface area contributed by atoms with Crippen LogP contribution in [0.4, 0.5) is 9.18 Å². The molecule has 0 aliphatic heterocycles. The Balaban J connectivity index is 1.67. The molecule has 0 bridgehead atoms. The molecule has 0 spiro atoms. The number of aryl methyl sites for hydroxylation is 1. The van der Waals surface area contributed by atoms with Crippen LogP contribution in [0.15, 0.2) is 36.9 Å². The third-order valence-electron chi connectivity index (χ3n) is 3.03. The first kappa shape index (κ1) is 15.0. The minimum Gasteiger partial charge on any atom is -0.338 e. The van der Waals surface area contributed by atoms with Gasteiger partial charge in [0.25, 0.3) is 0 Å². The van der Waals surface area contributed by atoms with Crippen molar-refractivity contribution in [2.75, 3.05) is 6.54 Å². The average molecular weight is 291 g/mol. The average Bonchev–Trinajstić information content (AvgIpc) is 2.97. The number of urea groups is 1. The Bertz CT molecular complexity index is 555. The Morgan fingerprint density at radius 1 is 1.38 bits per heavy atom. The number of nitrogens with zero attached hydrogens (tertiary/aromatic N) is 3. The highest BCUT2D eigenvalue weighted by atomic mass is 19.1. The van der Waals surface area contributed by atoms with Crippen molar-refractivity contribution in [2.45, 2.75) is 25.9 Å². The van der Waals surface area contributed by atoms with Crippen LogP contribution in [0.2, 0.25) is 0 Å². The summed E-state index contributed by atoms with van der Waals surface area (Å²) >= 11 is 0. The molecule has 2 rings (SSSR count). The van der Waals surface area contributed by atoms with E-state index in [4.69, 9.17) is 0 Å². The molecule has 1 atom stereocenters. The highest BCUT2D eigenvalue weighted by Gasteiger charge is 2.08. The first-order chi connectivity index (χ1) is 10.1. The molecule has 2 aromatic rings. The van der Waals surface area contributed by atoms with Crippen LogP contribution in [0, 0.1) is 5.82 Å². The molecule has 1 heterocycles. The van der Waals surface area contributed by atoms with E-state index < -0.39 is 0 Å². The Labute approximate surface area is 122 Å². The van der Waals surface area contributed by atoms with Gasteiger partial charge in [0, 0.05) is 13.1 Å². The number of amides is 2. The molecule has 2 amide bonds. The predicted octanol–water partition coefficient (Wildman–Crippen LogP) is 1.87. The third kappa shape index (κ3) is 4.87. The zero-order chi connectivity index (χ0) is 15.1. The maximum atomic E-state index is 12.8. The standard InChI is InChI=1S/C14H18FN5O/c1-11(12-3-5-13(15)6-4-12)19-14(21)17-7-2-8-20-10-16-9-18-20/h3-6,9-11H,2,7-8H2,1H3,(H2,17,19,21)/t11-/m0/s1. The van der Waals surface area contributed by atoms with Gasteiger partial charge >= 0.3 is 6.03 Å². The number of aromatic nitrogens is 3. The number of rotatable bonds is 6. The van der Waals surface area contributed by atoms with Crippen molar-refractivity contribution in [3.8, 4) is 0 Å². The van der Waals surface area contributed by atoms with E-state index in [1.807, 2.05) is 6.92 Å². The lowest BCUT2D eigenvalue weighted by atomic mass is 10.1. The van der Waals surface area contributed by atoms with E-state index in [9.17, 15) is 9.18 Å². The lowest BCUT2D eigenvalue weighted by Crippen LogP contribution is -2.37. The van der Waals surface area contributed by atoms with E-state index in [2.05, 4.69) is 20.7 Å². The van der Waals surface area contributed by atoms with Gasteiger partial charge in [0.15, 0.2) is 0 Å². The molecular weight excluding hydrogens is 273 g/mol. The Morgan fingerprint density at radius 2 is 2.14 bits per heavy atom. The minimum absolute atomic E-state index is 0.180. The van der Waals surface area contributed by atoms with Gasteiger partial charge in [-0.2, -0.15) is 5.10 Å². The SMILES string of the molecule is C[C@H](NC(=O)NCCCn1cncn1)c1ccc(F)cc1. The third-order valence-corrected chi connectivity index (χ3v) is 3.03. The number of hydrogen-bond acceptors (Lipinski definition) is 3. The summed E-state index contributed by atoms with van der Waals surface area (Å²) in [5.41, 5.74) is 0.856. The van der Waals surface area contributed by atoms with E-state index >= 15 is 0 Å². The van der Waals surface area contributed by atoms with Gasteiger partial charge in [-0.15, -0.1) is 0 Å². The monoisotopic (exact) mass is 291 g/mol. The van der Waals surface area contributed by atoms with Gasteiger partial charge in [0.05, 0.1) is 6.04 Å². The van der Waals surface area contributed by atoms with Gasteiger partial charge in [-0.05, 0) is 31.0 Å². The first-order valence-electron chi connectivity index (χ1n) is 6.77. The largest absolute Gasteiger partial charge is 0.338 e. The zero-order valence-electron chi connectivity index (χ0n) is 11.8. The molecule has 1 aromatic heterocycles. The number of carbonyl (C=O) groups excluding carboxylic acids is 1. The number of hydrogen-bond donors (Lipinski definition) is 2. The van der Waals surface area contributed by atoms with Crippen LogP contribution >= 0.6 is 0 Å². The van der Waals surface area contributed by atoms with Crippen LogP contribution in [-0.2, 0) is 6.54 Å². The van der Waals surface area contributed by atoms with E-state index in [-0.39, 0.29) is 17.9 Å². The summed E-state index contributed by atoms with van der Waals surface area (Å²) in [5, 5.41) is 9.55. The highest BCUT2D eigenvalue weighted by Crippen LogP contribution is 2.12. The maximum absolute atomic E-state index is 12.8. The lowest BCUT2D eigenvalue weighted by molar-refractivity contribution is 0.237. The molecule has 7 heteroatoms. The molecule has 0 aliphatic carbocycles. The Morgan fingerprint density at radius 3 is 2.81 bits per heavy atom. The molecule has 112 valence electrons. The van der Waals surface area contributed by atoms with Crippen molar-refractivity contribution in [1.29, 1.82) is 0 Å². The lowest BCUT2D eigenvalue weighted by Gasteiger charge is -2.15. The number of nitrogens with one attached hydrogen (secondary N) is 2. The van der Waals surface area contributed by atoms with Crippen LogP contribution in [0.3, 0.4) is 0 Å². The summed E-state index contributed by atoms with van der Waals surface area (Å²) in [6.07, 6.45) is 3.88. The topological polar surface area (TPSA) is 71.8 Å². The fourth-order valence-corrected chi connectivity index (χ4v) is 1.87. The molecular formula is C14H18FN5O. The van der Waals surface area contributed by atoms with Crippen molar-refractivity contribution in [2.24, 2.45) is 0 Å². The second-order valence-electron chi connectivity index (χ2n) is 4.69. The Hall–Kier alpha value is -2.44. The smallest absolute Gasteiger partial charge is 0.315 e. The summed E-state index contributed by atoms with van der Waals surface area (Å²) in [6, 6.07) is 5.65. The van der Waals surface area contributed by atoms with Crippen molar-refractivity contribution in [1.82, 2.24) is 25.4 Å². The molecule has 0 unspecified atom stereocenters. The van der Waals surface area contributed by atoms with Gasteiger partial charge in [0.1, 0.15) is 18.5 Å². The molecule has 6 nitrogen and oxygen atoms in total. The van der Waals surface area contributed by atoms with E-state index in [1.165, 1.54) is 18.5 Å². The summed E-state index contributed by atoms with van der Waals surface area (Å²) in [6.45, 7) is 3.10. The van der Waals surface area contributed by atoms with Gasteiger partial charge in [0.2, 0.25) is 0 Å². The second kappa shape index (κ2) is 7.37. The second-order valence-corrected chi connectivity index (χ2v) is 4.69. The van der Waals surface area contributed by atoms with Crippen molar-refractivity contribution < 1.29 is 9.18 Å². The molecule has 0 radical (unpaired) electrons. The van der Waals surface area contributed by atoms with Crippen molar-refractivity contribution in [3.05, 3.63) is 48.3 Å². The number of benzene rings is 1. The maximum Gasteiger partial charge on any atom is 0.315 e. The molecule has 0 saturated heterocycles. The minimum atomic E-state index is -0.288. The number of carbonyl (C=O) groups is 1. The van der Waals surface area contributed by atoms with Crippen molar-refractivity contribution in [3.63, 3.8) is 0 Å². The molecule has 2 N–H and O–H groups in total. The summed E-state index contributed by atoms with van der Waals surface area (Å²) in [7, 11) is 0. The molecule has 21 heavy (non-hydrogen) atoms. The van der Waals surface area contributed by atoms with E-state index in [0.717, 1.165) is 12.0 Å². The van der Waals surface area contributed by atoms with Gasteiger partial charge in [-0.3, -0.25) is 4.68 Å². The summed E-state index contributed by atoms with van der Waals surface area (Å²) in [5.74, 6) is -0.288. The number of halogens is 1.